The molecule has 0 saturated carbocycles. The number of aldehydes is 9. The maximum absolute atomic E-state index is 13.3. The molecule has 0 saturated heterocycles. The van der Waals surface area contributed by atoms with E-state index >= 15 is 0 Å². The number of carbonyl (C=O) groups is 11. The number of hydrogen-bond donors (Lipinski definition) is 10. The van der Waals surface area contributed by atoms with Gasteiger partial charge in [-0.05, 0) is 196 Å². The van der Waals surface area contributed by atoms with Crippen LogP contribution in [0, 0.1) is 17.9 Å². The second-order valence-electron chi connectivity index (χ2n) is 17.3. The molecule has 0 rings (SSSR count). The number of ether oxygens (including phenoxy) is 1. The molecule has 22 heteroatoms. The van der Waals surface area contributed by atoms with Gasteiger partial charge in [-0.2, -0.15) is 0 Å². The second-order valence-corrected chi connectivity index (χ2v) is 17.3. The zero-order valence-corrected chi connectivity index (χ0v) is 47.0. The maximum atomic E-state index is 13.3. The van der Waals surface area contributed by atoms with Crippen LogP contribution >= 0.6 is 0 Å². The topological polar surface area (TPSA) is 399 Å². The van der Waals surface area contributed by atoms with Gasteiger partial charge in [0, 0.05) is 5.92 Å². The second kappa shape index (κ2) is 46.7. The Morgan fingerprint density at radius 3 is 1.23 bits per heavy atom. The Labute approximate surface area is 501 Å². The lowest BCUT2D eigenvalue weighted by Gasteiger charge is -2.25. The molecule has 10 N–H and O–H groups in total. The maximum Gasteiger partial charge on any atom is 0.322 e. The number of carbonyl (C=O) groups excluding carboxylic acids is 11. The Morgan fingerprint density at radius 1 is 0.402 bits per heavy atom. The number of aliphatic hydroxyl groups is 10. The lowest BCUT2D eigenvalue weighted by molar-refractivity contribution is -0.141. The molecular formula is C65H68O22. The van der Waals surface area contributed by atoms with Crippen molar-refractivity contribution in [1.82, 2.24) is 0 Å². The summed E-state index contributed by atoms with van der Waals surface area (Å²) >= 11 is 0. The van der Waals surface area contributed by atoms with Gasteiger partial charge in [0.15, 0.2) is 0 Å². The first kappa shape index (κ1) is 77.4. The number of esters is 1. The SMILES string of the molecule is CCC(C)C(=O)OC#CC(=O)C=CC(O)C(=CC(O)C(=CC(O)C(C=CC=O)=CC(O)C=CC=O)C(C=CC=O)=CC(O)C=CC=O)C(=CC(O)C(C=CC=O)=CC(O)C=CC=O)C(=CC(O)C(C=CC=O)=CCO)C(C=CC=O)=CC(O)C=CC=O. The standard InChI is InChI=1S/C65H68O22/c1-3-45(2)65(86)87-36-25-51(76)22-23-60(81)59(44-64(85)57(48(15-6-28-68)38-53(78)19-10-32-72)42-62(83)49(16-7-29-69)39-54(79)20-11-33-73)58(43-63(84)50(17-8-30-70)40-55(80)21-12-34-74)56(41-61(82)46(24-35-75)13-4-26-66)47(14-5-27-67)37-52(77)18-9-31-71/h4-24,26-34,37-45,52-55,60-64,75,77-85H,3,35H2,1-2H3. The minimum atomic E-state index is -2.40. The molecule has 0 aromatic heterocycles. The van der Waals surface area contributed by atoms with Gasteiger partial charge in [0.1, 0.15) is 62.7 Å². The van der Waals surface area contributed by atoms with Crippen LogP contribution in [0.2, 0.25) is 0 Å². The third kappa shape index (κ3) is 32.3. The fraction of sp³-hybridized carbons (Fsp3) is 0.215. The summed E-state index contributed by atoms with van der Waals surface area (Å²) in [6, 6.07) is 0. The van der Waals surface area contributed by atoms with Crippen LogP contribution in [0.15, 0.2) is 226 Å². The highest BCUT2D eigenvalue weighted by molar-refractivity contribution is 6.04. The van der Waals surface area contributed by atoms with Gasteiger partial charge in [0.2, 0.25) is 5.78 Å². The predicted molar refractivity (Wildman–Crippen MR) is 318 cm³/mol. The summed E-state index contributed by atoms with van der Waals surface area (Å²) < 4.78 is 4.85. The van der Waals surface area contributed by atoms with Gasteiger partial charge < -0.3 is 55.8 Å². The summed E-state index contributed by atoms with van der Waals surface area (Å²) in [5.74, 6) is -0.587. The smallest absolute Gasteiger partial charge is 0.322 e. The summed E-state index contributed by atoms with van der Waals surface area (Å²) in [5.41, 5.74) is -4.36. The fourth-order valence-corrected chi connectivity index (χ4v) is 6.89. The van der Waals surface area contributed by atoms with E-state index in [9.17, 15) is 104 Å². The lowest BCUT2D eigenvalue weighted by Crippen LogP contribution is -2.21. The molecule has 10 unspecified atom stereocenters. The van der Waals surface area contributed by atoms with Crippen molar-refractivity contribution in [2.75, 3.05) is 6.61 Å². The molecule has 0 bridgehead atoms. The first-order valence-corrected chi connectivity index (χ1v) is 25.9. The quantitative estimate of drug-likeness (QED) is 0.0135. The predicted octanol–water partition coefficient (Wildman–Crippen LogP) is 1.04. The van der Waals surface area contributed by atoms with Crippen LogP contribution in [-0.4, -0.2) is 181 Å². The van der Waals surface area contributed by atoms with E-state index in [0.29, 0.717) is 37.4 Å². The van der Waals surface area contributed by atoms with Crippen LogP contribution in [0.4, 0.5) is 0 Å². The van der Waals surface area contributed by atoms with E-state index in [2.05, 4.69) is 0 Å². The molecule has 0 aliphatic heterocycles. The molecule has 0 fully saturated rings. The average molecular weight is 1200 g/mol. The van der Waals surface area contributed by atoms with Crippen molar-refractivity contribution >= 4 is 68.3 Å². The average Bonchev–Trinajstić information content (AvgIpc) is 3.41. The van der Waals surface area contributed by atoms with E-state index in [0.717, 1.165) is 164 Å². The van der Waals surface area contributed by atoms with Gasteiger partial charge in [0.25, 0.3) is 0 Å². The number of allylic oxidation sites excluding steroid dienone is 14. The largest absolute Gasteiger partial charge is 0.392 e. The molecule has 87 heavy (non-hydrogen) atoms. The molecule has 0 radical (unpaired) electrons. The Kier molecular flexibility index (Phi) is 41.6. The molecule has 22 nitrogen and oxygen atoms in total. The van der Waals surface area contributed by atoms with Crippen molar-refractivity contribution in [3.05, 3.63) is 226 Å². The zero-order valence-electron chi connectivity index (χ0n) is 47.0. The van der Waals surface area contributed by atoms with Crippen LogP contribution in [0.1, 0.15) is 20.3 Å². The lowest BCUT2D eigenvalue weighted by atomic mass is 9.83. The number of aliphatic hydroxyl groups excluding tert-OH is 10. The van der Waals surface area contributed by atoms with Gasteiger partial charge >= 0.3 is 5.97 Å². The molecule has 0 aliphatic rings. The minimum absolute atomic E-state index is 0.230. The van der Waals surface area contributed by atoms with Crippen molar-refractivity contribution in [3.8, 4) is 12.0 Å². The monoisotopic (exact) mass is 1200 g/mol. The van der Waals surface area contributed by atoms with E-state index in [1.807, 2.05) is 12.0 Å². The van der Waals surface area contributed by atoms with E-state index in [-0.39, 0.29) is 48.9 Å². The van der Waals surface area contributed by atoms with Crippen LogP contribution < -0.4 is 0 Å². The van der Waals surface area contributed by atoms with Crippen molar-refractivity contribution in [3.63, 3.8) is 0 Å². The van der Waals surface area contributed by atoms with E-state index in [4.69, 9.17) is 4.74 Å². The van der Waals surface area contributed by atoms with Gasteiger partial charge in [-0.25, -0.2) is 0 Å². The third-order valence-electron chi connectivity index (χ3n) is 11.1. The molecular weight excluding hydrogens is 1130 g/mol. The number of ketones is 1. The highest BCUT2D eigenvalue weighted by Gasteiger charge is 2.27. The highest BCUT2D eigenvalue weighted by atomic mass is 16.5. The molecule has 0 amide bonds. The molecule has 0 aliphatic carbocycles. The third-order valence-corrected chi connectivity index (χ3v) is 11.1. The summed E-state index contributed by atoms with van der Waals surface area (Å²) in [4.78, 5) is 130. The van der Waals surface area contributed by atoms with E-state index < -0.39 is 118 Å². The molecule has 0 heterocycles. The Bertz CT molecular complexity index is 3050. The Balaban J connectivity index is 10.8. The van der Waals surface area contributed by atoms with Crippen LogP contribution in [0.3, 0.4) is 0 Å². The first-order chi connectivity index (χ1) is 41.7. The van der Waals surface area contributed by atoms with Crippen LogP contribution in [0.25, 0.3) is 0 Å². The zero-order chi connectivity index (χ0) is 65.5. The molecule has 460 valence electrons. The van der Waals surface area contributed by atoms with Crippen molar-refractivity contribution in [1.29, 1.82) is 0 Å². The van der Waals surface area contributed by atoms with Crippen LogP contribution in [0.5, 0.6) is 0 Å². The molecule has 10 atom stereocenters. The summed E-state index contributed by atoms with van der Waals surface area (Å²) in [6.45, 7) is 2.41. The first-order valence-electron chi connectivity index (χ1n) is 25.9. The Hall–Kier alpha value is -9.61. The Morgan fingerprint density at radius 2 is 0.782 bits per heavy atom. The summed E-state index contributed by atoms with van der Waals surface area (Å²) in [5, 5.41) is 116. The summed E-state index contributed by atoms with van der Waals surface area (Å²) in [7, 11) is 0. The number of hydrogen-bond acceptors (Lipinski definition) is 22. The van der Waals surface area contributed by atoms with Crippen molar-refractivity contribution in [2.24, 2.45) is 5.92 Å². The van der Waals surface area contributed by atoms with Crippen LogP contribution in [-0.2, 0) is 57.5 Å². The molecule has 0 aromatic rings. The van der Waals surface area contributed by atoms with Gasteiger partial charge in [-0.3, -0.25) is 52.7 Å². The summed E-state index contributed by atoms with van der Waals surface area (Å²) in [6.07, 6.45) is 12.5. The van der Waals surface area contributed by atoms with Crippen molar-refractivity contribution < 1.29 is 109 Å². The van der Waals surface area contributed by atoms with Crippen molar-refractivity contribution in [2.45, 2.75) is 75.2 Å². The van der Waals surface area contributed by atoms with Gasteiger partial charge in [-0.15, -0.1) is 0 Å². The fourth-order valence-electron chi connectivity index (χ4n) is 6.89. The van der Waals surface area contributed by atoms with E-state index in [1.165, 1.54) is 6.92 Å². The minimum Gasteiger partial charge on any atom is -0.392 e. The van der Waals surface area contributed by atoms with Gasteiger partial charge in [0.05, 0.1) is 67.5 Å². The normalized spacial score (nSPS) is 17.6. The number of rotatable bonds is 40. The molecule has 0 spiro atoms. The van der Waals surface area contributed by atoms with E-state index in [1.54, 1.807) is 6.92 Å². The van der Waals surface area contributed by atoms with Gasteiger partial charge in [-0.1, -0.05) is 50.3 Å². The molecule has 0 aromatic carbocycles. The highest BCUT2D eigenvalue weighted by Crippen LogP contribution is 2.35.